The van der Waals surface area contributed by atoms with Crippen LogP contribution in [0.2, 0.25) is 5.02 Å². The fourth-order valence-corrected chi connectivity index (χ4v) is 2.76. The second-order valence-corrected chi connectivity index (χ2v) is 5.52. The van der Waals surface area contributed by atoms with Gasteiger partial charge in [0, 0.05) is 35.6 Å². The largest absolute Gasteiger partial charge is 0.344 e. The number of rotatable bonds is 4. The topological polar surface area (TPSA) is 15.3 Å². The van der Waals surface area contributed by atoms with Crippen molar-refractivity contribution in [3.63, 3.8) is 0 Å². The monoisotopic (exact) mass is 288 g/mol. The van der Waals surface area contributed by atoms with E-state index in [1.165, 1.54) is 16.8 Å². The molecule has 0 amide bonds. The minimum Gasteiger partial charge on any atom is -0.344 e. The van der Waals surface area contributed by atoms with Crippen molar-refractivity contribution in [3.05, 3.63) is 58.1 Å². The molecule has 0 aromatic heterocycles. The van der Waals surface area contributed by atoms with Crippen LogP contribution in [0.5, 0.6) is 0 Å². The van der Waals surface area contributed by atoms with Crippen molar-refractivity contribution in [2.45, 2.75) is 20.4 Å². The smallest absolute Gasteiger partial charge is 0.0471 e. The molecule has 0 spiro atoms. The third kappa shape index (κ3) is 2.97. The predicted molar refractivity (Wildman–Crippen MR) is 88.2 cm³/mol. The van der Waals surface area contributed by atoms with Crippen LogP contribution in [0.15, 0.2) is 36.4 Å². The van der Waals surface area contributed by atoms with E-state index in [2.05, 4.69) is 55.4 Å². The normalized spacial score (nSPS) is 10.7. The average molecular weight is 289 g/mol. The molecule has 1 N–H and O–H groups in total. The Hall–Kier alpha value is -1.51. The van der Waals surface area contributed by atoms with Crippen molar-refractivity contribution >= 4 is 23.0 Å². The molecule has 0 fully saturated rings. The van der Waals surface area contributed by atoms with Gasteiger partial charge in [0.25, 0.3) is 0 Å². The molecule has 0 bridgehead atoms. The van der Waals surface area contributed by atoms with Crippen LogP contribution in [-0.2, 0) is 6.54 Å². The predicted octanol–water partition coefficient (Wildman–Crippen LogP) is 4.44. The Labute approximate surface area is 126 Å². The van der Waals surface area contributed by atoms with Crippen LogP contribution < -0.4 is 10.2 Å². The average Bonchev–Trinajstić information content (AvgIpc) is 2.40. The molecule has 106 valence electrons. The van der Waals surface area contributed by atoms with Crippen LogP contribution in [0, 0.1) is 13.8 Å². The summed E-state index contributed by atoms with van der Waals surface area (Å²) in [5.41, 5.74) is 6.01. The first-order valence-corrected chi connectivity index (χ1v) is 7.15. The molecule has 0 atom stereocenters. The lowest BCUT2D eigenvalue weighted by molar-refractivity contribution is 0.816. The minimum atomic E-state index is 0.754. The number of hydrogen-bond donors (Lipinski definition) is 1. The van der Waals surface area contributed by atoms with Gasteiger partial charge in [-0.3, -0.25) is 0 Å². The molecule has 0 aliphatic carbocycles. The van der Waals surface area contributed by atoms with Crippen LogP contribution in [0.25, 0.3) is 0 Å². The number of benzene rings is 2. The van der Waals surface area contributed by atoms with Gasteiger partial charge in [-0.2, -0.15) is 0 Å². The van der Waals surface area contributed by atoms with E-state index in [0.717, 1.165) is 22.8 Å². The van der Waals surface area contributed by atoms with Crippen LogP contribution in [0.1, 0.15) is 16.7 Å². The summed E-state index contributed by atoms with van der Waals surface area (Å²) < 4.78 is 0. The van der Waals surface area contributed by atoms with E-state index in [1.54, 1.807) is 0 Å². The number of hydrogen-bond acceptors (Lipinski definition) is 2. The summed E-state index contributed by atoms with van der Waals surface area (Å²) in [6, 6.07) is 12.5. The molecule has 0 unspecified atom stereocenters. The lowest BCUT2D eigenvalue weighted by Crippen LogP contribution is -2.16. The SMILES string of the molecule is CNCc1c(Cl)cccc1N(C)c1ccc(C)cc1C. The lowest BCUT2D eigenvalue weighted by Gasteiger charge is -2.25. The van der Waals surface area contributed by atoms with Crippen molar-refractivity contribution < 1.29 is 0 Å². The Morgan fingerprint density at radius 1 is 1.10 bits per heavy atom. The van der Waals surface area contributed by atoms with E-state index in [9.17, 15) is 0 Å². The van der Waals surface area contributed by atoms with Crippen molar-refractivity contribution in [1.82, 2.24) is 5.32 Å². The minimum absolute atomic E-state index is 0.754. The molecule has 0 radical (unpaired) electrons. The number of anilines is 2. The van der Waals surface area contributed by atoms with Gasteiger partial charge >= 0.3 is 0 Å². The number of nitrogens with one attached hydrogen (secondary N) is 1. The molecule has 2 aromatic rings. The third-order valence-corrected chi connectivity index (χ3v) is 3.88. The summed E-state index contributed by atoms with van der Waals surface area (Å²) in [5.74, 6) is 0. The van der Waals surface area contributed by atoms with Gasteiger partial charge in [-0.05, 0) is 44.7 Å². The third-order valence-electron chi connectivity index (χ3n) is 3.52. The van der Waals surface area contributed by atoms with E-state index in [0.29, 0.717) is 0 Å². The molecule has 0 aliphatic rings. The van der Waals surface area contributed by atoms with Crippen LogP contribution >= 0.6 is 11.6 Å². The highest BCUT2D eigenvalue weighted by Gasteiger charge is 2.13. The van der Waals surface area contributed by atoms with Crippen molar-refractivity contribution in [1.29, 1.82) is 0 Å². The Bertz CT molecular complexity index is 608. The summed E-state index contributed by atoms with van der Waals surface area (Å²) in [5, 5.41) is 3.98. The van der Waals surface area contributed by atoms with Gasteiger partial charge in [0.15, 0.2) is 0 Å². The van der Waals surface area contributed by atoms with Gasteiger partial charge in [-0.15, -0.1) is 0 Å². The lowest BCUT2D eigenvalue weighted by atomic mass is 10.1. The highest BCUT2D eigenvalue weighted by Crippen LogP contribution is 2.33. The van der Waals surface area contributed by atoms with E-state index >= 15 is 0 Å². The second kappa shape index (κ2) is 6.29. The van der Waals surface area contributed by atoms with Crippen LogP contribution in [-0.4, -0.2) is 14.1 Å². The molecule has 2 aromatic carbocycles. The molecular weight excluding hydrogens is 268 g/mol. The Kier molecular flexibility index (Phi) is 4.69. The molecule has 0 saturated carbocycles. The highest BCUT2D eigenvalue weighted by atomic mass is 35.5. The summed E-state index contributed by atoms with van der Waals surface area (Å²) in [6.45, 7) is 5.01. The zero-order valence-electron chi connectivity index (χ0n) is 12.5. The highest BCUT2D eigenvalue weighted by molar-refractivity contribution is 6.31. The zero-order chi connectivity index (χ0) is 14.7. The maximum atomic E-state index is 6.34. The first-order chi connectivity index (χ1) is 9.54. The van der Waals surface area contributed by atoms with Gasteiger partial charge in [0.1, 0.15) is 0 Å². The standard InChI is InChI=1S/C17H21ClN2/c1-12-8-9-16(13(2)10-12)20(4)17-7-5-6-15(18)14(17)11-19-3/h5-10,19H,11H2,1-4H3. The summed E-state index contributed by atoms with van der Waals surface area (Å²) in [7, 11) is 4.02. The summed E-state index contributed by atoms with van der Waals surface area (Å²) in [6.07, 6.45) is 0. The first kappa shape index (κ1) is 14.9. The van der Waals surface area contributed by atoms with E-state index in [-0.39, 0.29) is 0 Å². The maximum Gasteiger partial charge on any atom is 0.0471 e. The van der Waals surface area contributed by atoms with E-state index < -0.39 is 0 Å². The van der Waals surface area contributed by atoms with Crippen molar-refractivity contribution in [3.8, 4) is 0 Å². The van der Waals surface area contributed by atoms with Gasteiger partial charge in [0.2, 0.25) is 0 Å². The van der Waals surface area contributed by atoms with Crippen molar-refractivity contribution in [2.75, 3.05) is 19.0 Å². The molecule has 3 heteroatoms. The maximum absolute atomic E-state index is 6.34. The summed E-state index contributed by atoms with van der Waals surface area (Å²) in [4.78, 5) is 2.20. The van der Waals surface area contributed by atoms with E-state index in [1.807, 2.05) is 19.2 Å². The number of nitrogens with zero attached hydrogens (tertiary/aromatic N) is 1. The molecule has 2 nitrogen and oxygen atoms in total. The molecule has 20 heavy (non-hydrogen) atoms. The fourth-order valence-electron chi connectivity index (χ4n) is 2.52. The molecule has 2 rings (SSSR count). The second-order valence-electron chi connectivity index (χ2n) is 5.12. The first-order valence-electron chi connectivity index (χ1n) is 6.77. The number of halogens is 1. The Balaban J connectivity index is 2.47. The van der Waals surface area contributed by atoms with E-state index in [4.69, 9.17) is 11.6 Å². The fraction of sp³-hybridized carbons (Fsp3) is 0.294. The molecule has 0 saturated heterocycles. The zero-order valence-corrected chi connectivity index (χ0v) is 13.3. The van der Waals surface area contributed by atoms with Gasteiger partial charge in [-0.25, -0.2) is 0 Å². The van der Waals surface area contributed by atoms with Gasteiger partial charge < -0.3 is 10.2 Å². The van der Waals surface area contributed by atoms with Gasteiger partial charge in [-0.1, -0.05) is 35.4 Å². The van der Waals surface area contributed by atoms with Crippen LogP contribution in [0.3, 0.4) is 0 Å². The number of aryl methyl sites for hydroxylation is 2. The Morgan fingerprint density at radius 3 is 2.50 bits per heavy atom. The summed E-state index contributed by atoms with van der Waals surface area (Å²) >= 11 is 6.34. The van der Waals surface area contributed by atoms with Crippen molar-refractivity contribution in [2.24, 2.45) is 0 Å². The van der Waals surface area contributed by atoms with Gasteiger partial charge in [0.05, 0.1) is 0 Å². The van der Waals surface area contributed by atoms with Crippen LogP contribution in [0.4, 0.5) is 11.4 Å². The Morgan fingerprint density at radius 2 is 1.85 bits per heavy atom. The molecule has 0 aliphatic heterocycles. The quantitative estimate of drug-likeness (QED) is 0.894. The molecule has 0 heterocycles. The molecular formula is C17H21ClN2.